The van der Waals surface area contributed by atoms with E-state index >= 15 is 0 Å². The van der Waals surface area contributed by atoms with Crippen LogP contribution >= 0.6 is 11.3 Å². The van der Waals surface area contributed by atoms with Gasteiger partial charge in [-0.25, -0.2) is 0 Å². The van der Waals surface area contributed by atoms with Gasteiger partial charge in [0.05, 0.1) is 11.3 Å². The first kappa shape index (κ1) is 14.2. The van der Waals surface area contributed by atoms with E-state index in [-0.39, 0.29) is 17.2 Å². The van der Waals surface area contributed by atoms with Gasteiger partial charge in [0.2, 0.25) is 0 Å². The summed E-state index contributed by atoms with van der Waals surface area (Å²) in [5.41, 5.74) is 12.1. The Morgan fingerprint density at radius 1 is 1.38 bits per heavy atom. The lowest BCUT2D eigenvalue weighted by molar-refractivity contribution is 0.0967. The number of carbonyl (C=O) groups is 2. The molecule has 0 radical (unpaired) electrons. The maximum absolute atomic E-state index is 11.8. The van der Waals surface area contributed by atoms with E-state index in [1.807, 2.05) is 0 Å². The van der Waals surface area contributed by atoms with E-state index in [1.54, 1.807) is 0 Å². The maximum atomic E-state index is 11.8. The molecule has 2 aliphatic carbocycles. The number of nitrogens with one attached hydrogen (secondary N) is 2. The summed E-state index contributed by atoms with van der Waals surface area (Å²) >= 11 is 1.20. The standard InChI is InChI=1S/C14H20N4O2S/c1-17-12(20)10-9(15)8(11(16)19)13(21-10)18-6-14(4-5-14)7-2-3-7/h7,18H,2-6,15H2,1H3,(H2,16,19)(H,17,20). The van der Waals surface area contributed by atoms with Gasteiger partial charge in [-0.2, -0.15) is 0 Å². The van der Waals surface area contributed by atoms with E-state index < -0.39 is 5.91 Å². The molecule has 0 atom stereocenters. The number of hydrogen-bond donors (Lipinski definition) is 4. The molecule has 2 aliphatic rings. The van der Waals surface area contributed by atoms with E-state index in [1.165, 1.54) is 44.1 Å². The third-order valence-electron chi connectivity index (χ3n) is 4.56. The van der Waals surface area contributed by atoms with Crippen LogP contribution in [0.5, 0.6) is 0 Å². The Kier molecular flexibility index (Phi) is 3.32. The minimum Gasteiger partial charge on any atom is -0.397 e. The second kappa shape index (κ2) is 4.91. The molecule has 2 fully saturated rings. The van der Waals surface area contributed by atoms with Crippen molar-refractivity contribution in [2.24, 2.45) is 17.1 Å². The van der Waals surface area contributed by atoms with Gasteiger partial charge in [-0.15, -0.1) is 11.3 Å². The topological polar surface area (TPSA) is 110 Å². The summed E-state index contributed by atoms with van der Waals surface area (Å²) in [6.07, 6.45) is 5.08. The molecule has 7 heteroatoms. The monoisotopic (exact) mass is 308 g/mol. The van der Waals surface area contributed by atoms with Crippen LogP contribution in [-0.2, 0) is 0 Å². The van der Waals surface area contributed by atoms with Crippen LogP contribution in [0.25, 0.3) is 0 Å². The van der Waals surface area contributed by atoms with Crippen molar-refractivity contribution in [3.63, 3.8) is 0 Å². The Labute approximate surface area is 127 Å². The second-order valence-electron chi connectivity index (χ2n) is 5.98. The van der Waals surface area contributed by atoms with Crippen LogP contribution in [0, 0.1) is 11.3 Å². The number of carbonyl (C=O) groups excluding carboxylic acids is 2. The van der Waals surface area contributed by atoms with Crippen molar-refractivity contribution in [2.45, 2.75) is 25.7 Å². The number of anilines is 2. The molecule has 0 saturated heterocycles. The Bertz CT molecular complexity index is 602. The van der Waals surface area contributed by atoms with Crippen molar-refractivity contribution in [1.29, 1.82) is 0 Å². The molecule has 1 aromatic rings. The molecule has 6 N–H and O–H groups in total. The molecule has 0 bridgehead atoms. The largest absolute Gasteiger partial charge is 0.397 e. The van der Waals surface area contributed by atoms with E-state index in [4.69, 9.17) is 11.5 Å². The van der Waals surface area contributed by atoms with Gasteiger partial charge in [-0.3, -0.25) is 9.59 Å². The minimum absolute atomic E-state index is 0.172. The Morgan fingerprint density at radius 3 is 2.52 bits per heavy atom. The molecule has 0 spiro atoms. The lowest BCUT2D eigenvalue weighted by Gasteiger charge is -2.15. The maximum Gasteiger partial charge on any atom is 0.263 e. The molecule has 1 heterocycles. The zero-order chi connectivity index (χ0) is 15.2. The van der Waals surface area contributed by atoms with E-state index in [0.717, 1.165) is 12.5 Å². The van der Waals surface area contributed by atoms with Crippen molar-refractivity contribution in [3.8, 4) is 0 Å². The normalized spacial score (nSPS) is 19.1. The van der Waals surface area contributed by atoms with Gasteiger partial charge in [-0.1, -0.05) is 0 Å². The van der Waals surface area contributed by atoms with Gasteiger partial charge in [0.25, 0.3) is 11.8 Å². The average molecular weight is 308 g/mol. The van der Waals surface area contributed by atoms with E-state index in [9.17, 15) is 9.59 Å². The highest BCUT2D eigenvalue weighted by atomic mass is 32.1. The number of nitrogen functional groups attached to an aromatic ring is 1. The predicted molar refractivity (Wildman–Crippen MR) is 83.5 cm³/mol. The van der Waals surface area contributed by atoms with Crippen LogP contribution in [0.1, 0.15) is 45.7 Å². The summed E-state index contributed by atoms with van der Waals surface area (Å²) in [5.74, 6) is -0.0770. The lowest BCUT2D eigenvalue weighted by atomic mass is 10.0. The third kappa shape index (κ3) is 2.46. The first-order chi connectivity index (χ1) is 9.98. The fourth-order valence-electron chi connectivity index (χ4n) is 2.94. The van der Waals surface area contributed by atoms with Crippen LogP contribution in [-0.4, -0.2) is 25.4 Å². The number of hydrogen-bond acceptors (Lipinski definition) is 5. The highest BCUT2D eigenvalue weighted by Crippen LogP contribution is 2.61. The Hall–Kier alpha value is -1.76. The van der Waals surface area contributed by atoms with Crippen molar-refractivity contribution >= 4 is 33.8 Å². The fourth-order valence-corrected chi connectivity index (χ4v) is 4.00. The van der Waals surface area contributed by atoms with Crippen LogP contribution in [0.4, 0.5) is 10.7 Å². The molecular weight excluding hydrogens is 288 g/mol. The SMILES string of the molecule is CNC(=O)c1sc(NCC2(C3CC3)CC2)c(C(N)=O)c1N. The highest BCUT2D eigenvalue weighted by Gasteiger charge is 2.53. The summed E-state index contributed by atoms with van der Waals surface area (Å²) in [5, 5.41) is 6.46. The van der Waals surface area contributed by atoms with Crippen molar-refractivity contribution in [1.82, 2.24) is 5.32 Å². The van der Waals surface area contributed by atoms with Crippen LogP contribution < -0.4 is 22.1 Å². The first-order valence-corrected chi connectivity index (χ1v) is 7.98. The average Bonchev–Trinajstić information content (AvgIpc) is 3.33. The molecule has 114 valence electrons. The molecular formula is C14H20N4O2S. The summed E-state index contributed by atoms with van der Waals surface area (Å²) in [4.78, 5) is 23.8. The molecule has 1 aromatic heterocycles. The molecule has 0 aliphatic heterocycles. The molecule has 6 nitrogen and oxygen atoms in total. The quantitative estimate of drug-likeness (QED) is 0.636. The fraction of sp³-hybridized carbons (Fsp3) is 0.571. The third-order valence-corrected chi connectivity index (χ3v) is 5.72. The summed E-state index contributed by atoms with van der Waals surface area (Å²) in [6, 6.07) is 0. The van der Waals surface area contributed by atoms with Gasteiger partial charge in [-0.05, 0) is 37.0 Å². The van der Waals surface area contributed by atoms with Crippen LogP contribution in [0.3, 0.4) is 0 Å². The highest BCUT2D eigenvalue weighted by molar-refractivity contribution is 7.19. The zero-order valence-corrected chi connectivity index (χ0v) is 12.8. The Morgan fingerprint density at radius 2 is 2.05 bits per heavy atom. The van der Waals surface area contributed by atoms with Gasteiger partial charge in [0, 0.05) is 13.6 Å². The zero-order valence-electron chi connectivity index (χ0n) is 12.0. The van der Waals surface area contributed by atoms with Gasteiger partial charge < -0.3 is 22.1 Å². The van der Waals surface area contributed by atoms with Crippen LogP contribution in [0.2, 0.25) is 0 Å². The smallest absolute Gasteiger partial charge is 0.263 e. The molecule has 2 saturated carbocycles. The van der Waals surface area contributed by atoms with Crippen molar-refractivity contribution in [3.05, 3.63) is 10.4 Å². The van der Waals surface area contributed by atoms with Crippen molar-refractivity contribution < 1.29 is 9.59 Å². The molecule has 0 aromatic carbocycles. The number of primary amides is 1. The minimum atomic E-state index is -0.599. The van der Waals surface area contributed by atoms with E-state index in [0.29, 0.717) is 15.3 Å². The summed E-state index contributed by atoms with van der Waals surface area (Å²) in [7, 11) is 1.53. The van der Waals surface area contributed by atoms with E-state index in [2.05, 4.69) is 10.6 Å². The number of rotatable bonds is 6. The second-order valence-corrected chi connectivity index (χ2v) is 7.00. The predicted octanol–water partition coefficient (Wildman–Crippen LogP) is 1.39. The number of nitrogens with two attached hydrogens (primary N) is 2. The number of thiophene rings is 1. The molecule has 0 unspecified atom stereocenters. The summed E-state index contributed by atoms with van der Waals surface area (Å²) < 4.78 is 0. The van der Waals surface area contributed by atoms with Crippen LogP contribution in [0.15, 0.2) is 0 Å². The molecule has 21 heavy (non-hydrogen) atoms. The number of amides is 2. The van der Waals surface area contributed by atoms with Crippen molar-refractivity contribution in [2.75, 3.05) is 24.6 Å². The van der Waals surface area contributed by atoms with Gasteiger partial charge in [0.15, 0.2) is 0 Å². The lowest BCUT2D eigenvalue weighted by Crippen LogP contribution is -2.20. The van der Waals surface area contributed by atoms with Gasteiger partial charge in [0.1, 0.15) is 9.88 Å². The molecule has 3 rings (SSSR count). The summed E-state index contributed by atoms with van der Waals surface area (Å²) in [6.45, 7) is 0.824. The Balaban J connectivity index is 1.83. The first-order valence-electron chi connectivity index (χ1n) is 7.16. The molecule has 2 amide bonds. The van der Waals surface area contributed by atoms with Gasteiger partial charge >= 0.3 is 0 Å².